The van der Waals surface area contributed by atoms with Crippen LogP contribution in [0.2, 0.25) is 0 Å². The van der Waals surface area contributed by atoms with E-state index >= 15 is 0 Å². The minimum atomic E-state index is -1.19. The van der Waals surface area contributed by atoms with Crippen molar-refractivity contribution < 1.29 is 24.9 Å². The molecule has 0 bridgehead atoms. The standard InChI is InChI=1S/C2H3ClO2.C2H4O3/c2*3-1-2(4)5/h1H2,(H,4,5);3H,1H2,(H,4,5). The summed E-state index contributed by atoms with van der Waals surface area (Å²) < 4.78 is 0. The summed E-state index contributed by atoms with van der Waals surface area (Å²) in [6.07, 6.45) is 0. The van der Waals surface area contributed by atoms with Gasteiger partial charge >= 0.3 is 11.9 Å². The van der Waals surface area contributed by atoms with Crippen molar-refractivity contribution >= 4 is 23.5 Å². The van der Waals surface area contributed by atoms with Crippen LogP contribution in [0.5, 0.6) is 0 Å². The van der Waals surface area contributed by atoms with Crippen molar-refractivity contribution in [1.29, 1.82) is 0 Å². The van der Waals surface area contributed by atoms with Crippen molar-refractivity contribution in [1.82, 2.24) is 0 Å². The molecule has 5 nitrogen and oxygen atoms in total. The maximum atomic E-state index is 9.24. The van der Waals surface area contributed by atoms with Crippen molar-refractivity contribution in [2.24, 2.45) is 0 Å². The van der Waals surface area contributed by atoms with Crippen molar-refractivity contribution in [3.63, 3.8) is 0 Å². The Balaban J connectivity index is 0. The highest BCUT2D eigenvalue weighted by atomic mass is 35.5. The first-order chi connectivity index (χ1) is 4.54. The molecule has 0 aromatic heterocycles. The van der Waals surface area contributed by atoms with Gasteiger partial charge in [0.1, 0.15) is 12.5 Å². The summed E-state index contributed by atoms with van der Waals surface area (Å²) in [4.78, 5) is 18.4. The number of aliphatic hydroxyl groups is 1. The molecule has 0 saturated heterocycles. The van der Waals surface area contributed by atoms with E-state index in [1.54, 1.807) is 0 Å². The van der Waals surface area contributed by atoms with E-state index in [-0.39, 0.29) is 5.88 Å². The third-order valence-corrected chi connectivity index (χ3v) is 0.478. The van der Waals surface area contributed by atoms with Gasteiger partial charge in [0.15, 0.2) is 0 Å². The summed E-state index contributed by atoms with van der Waals surface area (Å²) in [5, 5.41) is 22.6. The normalized spacial score (nSPS) is 7.40. The lowest BCUT2D eigenvalue weighted by Crippen LogP contribution is -1.98. The Labute approximate surface area is 61.8 Å². The summed E-state index contributed by atoms with van der Waals surface area (Å²) in [7, 11) is 0. The molecule has 3 N–H and O–H groups in total. The summed E-state index contributed by atoms with van der Waals surface area (Å²) in [5.41, 5.74) is 0. The zero-order valence-corrected chi connectivity index (χ0v) is 5.71. The number of carbonyl (C=O) groups is 2. The molecule has 0 aromatic rings. The van der Waals surface area contributed by atoms with Crippen LogP contribution in [0.15, 0.2) is 0 Å². The predicted octanol–water partition coefficient (Wildman–Crippen LogP) is -0.627. The maximum Gasteiger partial charge on any atom is 0.329 e. The summed E-state index contributed by atoms with van der Waals surface area (Å²) >= 11 is 4.74. The van der Waals surface area contributed by atoms with Gasteiger partial charge in [-0.3, -0.25) is 4.79 Å². The van der Waals surface area contributed by atoms with Gasteiger partial charge in [-0.05, 0) is 0 Å². The number of hydrogen-bond acceptors (Lipinski definition) is 3. The quantitative estimate of drug-likeness (QED) is 0.480. The molecule has 0 heterocycles. The first-order valence-corrected chi connectivity index (χ1v) is 2.68. The van der Waals surface area contributed by atoms with Crippen LogP contribution in [0.3, 0.4) is 0 Å². The number of carboxylic acids is 2. The van der Waals surface area contributed by atoms with E-state index in [9.17, 15) is 4.79 Å². The number of halogens is 1. The lowest BCUT2D eigenvalue weighted by atomic mass is 10.8. The second-order valence-corrected chi connectivity index (χ2v) is 1.35. The summed E-state index contributed by atoms with van der Waals surface area (Å²) in [6.45, 7) is -0.778. The van der Waals surface area contributed by atoms with E-state index < -0.39 is 18.5 Å². The van der Waals surface area contributed by atoms with Gasteiger partial charge in [0.2, 0.25) is 0 Å². The molecule has 0 unspecified atom stereocenters. The first-order valence-electron chi connectivity index (χ1n) is 2.15. The average Bonchev–Trinajstić information content (AvgIpc) is 1.89. The van der Waals surface area contributed by atoms with Crippen LogP contribution in [0.1, 0.15) is 0 Å². The van der Waals surface area contributed by atoms with Gasteiger partial charge in [-0.2, -0.15) is 0 Å². The van der Waals surface area contributed by atoms with Crippen molar-refractivity contribution in [3.05, 3.63) is 0 Å². The molecule has 0 amide bonds. The number of rotatable bonds is 2. The van der Waals surface area contributed by atoms with Crippen LogP contribution in [-0.4, -0.2) is 39.7 Å². The second kappa shape index (κ2) is 8.19. The first kappa shape index (κ1) is 11.9. The molecule has 0 aliphatic rings. The van der Waals surface area contributed by atoms with E-state index in [0.29, 0.717) is 0 Å². The molecule has 10 heavy (non-hydrogen) atoms. The van der Waals surface area contributed by atoms with Gasteiger partial charge in [0.05, 0.1) is 0 Å². The zero-order valence-electron chi connectivity index (χ0n) is 4.95. The number of alkyl halides is 1. The highest BCUT2D eigenvalue weighted by Crippen LogP contribution is 1.67. The van der Waals surface area contributed by atoms with Gasteiger partial charge in [0, 0.05) is 0 Å². The third kappa shape index (κ3) is 27.1. The molecule has 0 atom stereocenters. The van der Waals surface area contributed by atoms with E-state index in [2.05, 4.69) is 0 Å². The maximum absolute atomic E-state index is 9.24. The molecule has 0 aromatic carbocycles. The number of hydrogen-bond donors (Lipinski definition) is 3. The predicted molar refractivity (Wildman–Crippen MR) is 33.1 cm³/mol. The van der Waals surface area contributed by atoms with E-state index in [4.69, 9.17) is 31.7 Å². The molecular formula is C4H7ClO5. The topological polar surface area (TPSA) is 94.8 Å². The Morgan fingerprint density at radius 1 is 1.20 bits per heavy atom. The summed E-state index contributed by atoms with van der Waals surface area (Å²) in [6, 6.07) is 0. The second-order valence-electron chi connectivity index (χ2n) is 1.08. The van der Waals surface area contributed by atoms with Gasteiger partial charge < -0.3 is 15.3 Å². The average molecular weight is 171 g/mol. The summed E-state index contributed by atoms with van der Waals surface area (Å²) in [5.74, 6) is -2.48. The van der Waals surface area contributed by atoms with Crippen molar-refractivity contribution in [2.45, 2.75) is 0 Å². The van der Waals surface area contributed by atoms with E-state index in [1.165, 1.54) is 0 Å². The van der Waals surface area contributed by atoms with Crippen LogP contribution in [0.4, 0.5) is 0 Å². The van der Waals surface area contributed by atoms with E-state index in [1.807, 2.05) is 0 Å². The Morgan fingerprint density at radius 2 is 1.40 bits per heavy atom. The molecular weight excluding hydrogens is 163 g/mol. The Kier molecular flexibility index (Phi) is 9.77. The molecule has 0 saturated carbocycles. The Morgan fingerprint density at radius 3 is 1.40 bits per heavy atom. The van der Waals surface area contributed by atoms with Crippen LogP contribution < -0.4 is 0 Å². The van der Waals surface area contributed by atoms with Gasteiger partial charge in [0.25, 0.3) is 0 Å². The molecule has 60 valence electrons. The van der Waals surface area contributed by atoms with Crippen molar-refractivity contribution in [2.75, 3.05) is 12.5 Å². The zero-order chi connectivity index (χ0) is 8.57. The van der Waals surface area contributed by atoms with Gasteiger partial charge in [-0.25, -0.2) is 4.79 Å². The Bertz CT molecular complexity index is 98.2. The SMILES string of the molecule is O=C(O)CCl.O=C(O)CO. The van der Waals surface area contributed by atoms with Crippen LogP contribution >= 0.6 is 11.6 Å². The van der Waals surface area contributed by atoms with Crippen LogP contribution in [0.25, 0.3) is 0 Å². The minimum absolute atomic E-state index is 0.306. The fraction of sp³-hybridized carbons (Fsp3) is 0.500. The number of aliphatic hydroxyl groups excluding tert-OH is 1. The number of aliphatic carboxylic acids is 2. The molecule has 0 fully saturated rings. The van der Waals surface area contributed by atoms with Crippen LogP contribution in [-0.2, 0) is 9.59 Å². The molecule has 0 spiro atoms. The molecule has 0 radical (unpaired) electrons. The van der Waals surface area contributed by atoms with Gasteiger partial charge in [-0.15, -0.1) is 11.6 Å². The fourth-order valence-corrected chi connectivity index (χ4v) is 0. The monoisotopic (exact) mass is 170 g/mol. The highest BCUT2D eigenvalue weighted by Gasteiger charge is 1.83. The number of carboxylic acid groups (broad SMARTS) is 2. The molecule has 0 aliphatic heterocycles. The lowest BCUT2D eigenvalue weighted by Gasteiger charge is -1.72. The van der Waals surface area contributed by atoms with Gasteiger partial charge in [-0.1, -0.05) is 0 Å². The Hall–Kier alpha value is -0.810. The molecule has 6 heteroatoms. The largest absolute Gasteiger partial charge is 0.480 e. The minimum Gasteiger partial charge on any atom is -0.480 e. The smallest absolute Gasteiger partial charge is 0.329 e. The molecule has 0 aliphatic carbocycles. The third-order valence-electron chi connectivity index (χ3n) is 0.250. The lowest BCUT2D eigenvalue weighted by molar-refractivity contribution is -0.140. The van der Waals surface area contributed by atoms with Crippen molar-refractivity contribution in [3.8, 4) is 0 Å². The highest BCUT2D eigenvalue weighted by molar-refractivity contribution is 6.26. The fourth-order valence-electron chi connectivity index (χ4n) is 0. The van der Waals surface area contributed by atoms with Crippen LogP contribution in [0, 0.1) is 0 Å². The van der Waals surface area contributed by atoms with E-state index in [0.717, 1.165) is 0 Å². The molecule has 0 rings (SSSR count).